The normalized spacial score (nSPS) is 25.4. The maximum Gasteiger partial charge on any atom is 0.152 e. The number of hydrogen-bond donors (Lipinski definition) is 2. The van der Waals surface area contributed by atoms with E-state index in [0.717, 1.165) is 25.3 Å². The van der Waals surface area contributed by atoms with Crippen LogP contribution in [0.3, 0.4) is 0 Å². The Bertz CT molecular complexity index is 677. The summed E-state index contributed by atoms with van der Waals surface area (Å²) in [5.41, 5.74) is 0.608. The van der Waals surface area contributed by atoms with Crippen LogP contribution in [0.1, 0.15) is 26.2 Å². The first-order chi connectivity index (χ1) is 10.0. The molecule has 112 valence electrons. The zero-order valence-corrected chi connectivity index (χ0v) is 11.9. The van der Waals surface area contributed by atoms with Crippen molar-refractivity contribution in [2.24, 2.45) is 5.41 Å². The van der Waals surface area contributed by atoms with Crippen LogP contribution in [0.25, 0.3) is 10.9 Å². The maximum absolute atomic E-state index is 13.8. The number of halogens is 2. The van der Waals surface area contributed by atoms with Crippen LogP contribution in [0, 0.1) is 17.0 Å². The molecule has 1 aromatic heterocycles. The fourth-order valence-corrected chi connectivity index (χ4v) is 3.16. The van der Waals surface area contributed by atoms with E-state index < -0.39 is 11.6 Å². The molecule has 3 rings (SSSR count). The number of pyridine rings is 1. The minimum Gasteiger partial charge on any atom is -0.396 e. The molecule has 0 radical (unpaired) electrons. The number of hydrogen-bond acceptors (Lipinski definition) is 3. The molecule has 0 aliphatic heterocycles. The Labute approximate surface area is 122 Å². The lowest BCUT2D eigenvalue weighted by molar-refractivity contribution is 0.139. The molecule has 1 heterocycles. The van der Waals surface area contributed by atoms with E-state index in [1.54, 1.807) is 6.07 Å². The highest BCUT2D eigenvalue weighted by Crippen LogP contribution is 2.40. The van der Waals surface area contributed by atoms with Crippen LogP contribution < -0.4 is 5.32 Å². The predicted octanol–water partition coefficient (Wildman–Crippen LogP) is 3.48. The number of aromatic nitrogens is 1. The largest absolute Gasteiger partial charge is 0.396 e. The van der Waals surface area contributed by atoms with Gasteiger partial charge in [0.15, 0.2) is 5.82 Å². The lowest BCUT2D eigenvalue weighted by Gasteiger charge is -2.31. The zero-order valence-electron chi connectivity index (χ0n) is 11.9. The van der Waals surface area contributed by atoms with Crippen molar-refractivity contribution >= 4 is 16.6 Å². The van der Waals surface area contributed by atoms with Gasteiger partial charge in [-0.2, -0.15) is 0 Å². The number of benzene rings is 1. The summed E-state index contributed by atoms with van der Waals surface area (Å²) in [4.78, 5) is 3.98. The fourth-order valence-electron chi connectivity index (χ4n) is 3.16. The minimum atomic E-state index is -0.662. The number of aliphatic hydroxyl groups excluding tert-OH is 1. The summed E-state index contributed by atoms with van der Waals surface area (Å²) in [6.07, 6.45) is 4.41. The average molecular weight is 292 g/mol. The Balaban J connectivity index is 2.01. The molecule has 1 aromatic carbocycles. The predicted molar refractivity (Wildman–Crippen MR) is 78.1 cm³/mol. The number of rotatable bonds is 3. The van der Waals surface area contributed by atoms with Crippen LogP contribution in [0.5, 0.6) is 0 Å². The molecule has 2 atom stereocenters. The lowest BCUT2D eigenvalue weighted by atomic mass is 9.85. The van der Waals surface area contributed by atoms with E-state index >= 15 is 0 Å². The summed E-state index contributed by atoms with van der Waals surface area (Å²) in [5, 5.41) is 13.4. The van der Waals surface area contributed by atoms with Gasteiger partial charge in [0, 0.05) is 34.8 Å². The summed E-state index contributed by atoms with van der Waals surface area (Å²) in [5.74, 6) is -1.28. The van der Waals surface area contributed by atoms with Crippen molar-refractivity contribution in [3.8, 4) is 0 Å². The van der Waals surface area contributed by atoms with Crippen molar-refractivity contribution in [2.75, 3.05) is 11.9 Å². The average Bonchev–Trinajstić information content (AvgIpc) is 2.82. The van der Waals surface area contributed by atoms with Gasteiger partial charge in [-0.25, -0.2) is 8.78 Å². The summed E-state index contributed by atoms with van der Waals surface area (Å²) in [7, 11) is 0. The van der Waals surface area contributed by atoms with Crippen molar-refractivity contribution in [1.29, 1.82) is 0 Å². The number of nitrogens with zero attached hydrogens (tertiary/aromatic N) is 1. The van der Waals surface area contributed by atoms with Crippen molar-refractivity contribution in [1.82, 2.24) is 4.98 Å². The van der Waals surface area contributed by atoms with Gasteiger partial charge < -0.3 is 10.4 Å². The molecular weight excluding hydrogens is 274 g/mol. The van der Waals surface area contributed by atoms with Gasteiger partial charge in [-0.15, -0.1) is 0 Å². The second-order valence-electron chi connectivity index (χ2n) is 6.04. The van der Waals surface area contributed by atoms with Crippen LogP contribution >= 0.6 is 0 Å². The summed E-state index contributed by atoms with van der Waals surface area (Å²) >= 11 is 0. The molecule has 0 bridgehead atoms. The molecule has 1 saturated carbocycles. The Morgan fingerprint density at radius 2 is 2.24 bits per heavy atom. The number of nitrogens with one attached hydrogen (secondary N) is 1. The number of aliphatic hydroxyl groups is 1. The second-order valence-corrected chi connectivity index (χ2v) is 6.04. The third-order valence-electron chi connectivity index (χ3n) is 4.54. The molecule has 0 amide bonds. The first-order valence-corrected chi connectivity index (χ1v) is 7.15. The van der Waals surface area contributed by atoms with E-state index in [2.05, 4.69) is 10.3 Å². The standard InChI is InChI=1S/C16H18F2N2O/c1-16(9-21)5-2-3-14(16)20-13-4-6-19-15-11(13)7-10(17)8-12(15)18/h4,6-8,14,21H,2-3,5,9H2,1H3,(H,19,20). The van der Waals surface area contributed by atoms with E-state index in [1.165, 1.54) is 12.3 Å². The number of fused-ring (bicyclic) bond motifs is 1. The van der Waals surface area contributed by atoms with Gasteiger partial charge in [-0.3, -0.25) is 4.98 Å². The third-order valence-corrected chi connectivity index (χ3v) is 4.54. The van der Waals surface area contributed by atoms with Gasteiger partial charge in [0.25, 0.3) is 0 Å². The topological polar surface area (TPSA) is 45.1 Å². The lowest BCUT2D eigenvalue weighted by Crippen LogP contribution is -2.36. The van der Waals surface area contributed by atoms with E-state index in [0.29, 0.717) is 11.1 Å². The Kier molecular flexibility index (Phi) is 3.53. The van der Waals surface area contributed by atoms with Crippen LogP contribution in [-0.2, 0) is 0 Å². The Morgan fingerprint density at radius 3 is 3.00 bits per heavy atom. The van der Waals surface area contributed by atoms with Gasteiger partial charge in [0.1, 0.15) is 11.3 Å². The quantitative estimate of drug-likeness (QED) is 0.910. The van der Waals surface area contributed by atoms with Crippen LogP contribution in [0.4, 0.5) is 14.5 Å². The highest BCUT2D eigenvalue weighted by molar-refractivity contribution is 5.91. The van der Waals surface area contributed by atoms with Gasteiger partial charge in [-0.05, 0) is 25.0 Å². The molecule has 0 saturated heterocycles. The highest BCUT2D eigenvalue weighted by Gasteiger charge is 2.38. The molecule has 1 aliphatic rings. The smallest absolute Gasteiger partial charge is 0.152 e. The van der Waals surface area contributed by atoms with E-state index in [4.69, 9.17) is 0 Å². The molecule has 1 aliphatic carbocycles. The third kappa shape index (κ3) is 2.46. The van der Waals surface area contributed by atoms with E-state index in [9.17, 15) is 13.9 Å². The summed E-state index contributed by atoms with van der Waals surface area (Å²) in [6, 6.07) is 3.93. The van der Waals surface area contributed by atoms with Gasteiger partial charge in [0.2, 0.25) is 0 Å². The Hall–Kier alpha value is -1.75. The monoisotopic (exact) mass is 292 g/mol. The number of anilines is 1. The molecule has 2 N–H and O–H groups in total. The first-order valence-electron chi connectivity index (χ1n) is 7.15. The van der Waals surface area contributed by atoms with Crippen LogP contribution in [0.15, 0.2) is 24.4 Å². The van der Waals surface area contributed by atoms with Gasteiger partial charge in [0.05, 0.1) is 6.61 Å². The molecule has 21 heavy (non-hydrogen) atoms. The molecular formula is C16H18F2N2O. The maximum atomic E-state index is 13.8. The van der Waals surface area contributed by atoms with Crippen LogP contribution in [-0.4, -0.2) is 22.7 Å². The SMILES string of the molecule is CC1(CO)CCCC1Nc1ccnc2c(F)cc(F)cc12. The molecule has 0 spiro atoms. The van der Waals surface area contributed by atoms with Crippen molar-refractivity contribution < 1.29 is 13.9 Å². The molecule has 5 heteroatoms. The fraction of sp³-hybridized carbons (Fsp3) is 0.438. The van der Waals surface area contributed by atoms with E-state index in [1.807, 2.05) is 6.92 Å². The van der Waals surface area contributed by atoms with Crippen molar-refractivity contribution in [3.63, 3.8) is 0 Å². The second kappa shape index (κ2) is 5.22. The minimum absolute atomic E-state index is 0.0828. The Morgan fingerprint density at radius 1 is 1.43 bits per heavy atom. The first kappa shape index (κ1) is 14.2. The van der Waals surface area contributed by atoms with Gasteiger partial charge in [-0.1, -0.05) is 13.3 Å². The molecule has 1 fully saturated rings. The van der Waals surface area contributed by atoms with Crippen molar-refractivity contribution in [3.05, 3.63) is 36.0 Å². The molecule has 3 nitrogen and oxygen atoms in total. The zero-order chi connectivity index (χ0) is 15.0. The highest BCUT2D eigenvalue weighted by atomic mass is 19.1. The summed E-state index contributed by atoms with van der Waals surface area (Å²) in [6.45, 7) is 2.12. The van der Waals surface area contributed by atoms with E-state index in [-0.39, 0.29) is 23.6 Å². The van der Waals surface area contributed by atoms with Crippen molar-refractivity contribution in [2.45, 2.75) is 32.2 Å². The van der Waals surface area contributed by atoms with Gasteiger partial charge >= 0.3 is 0 Å². The molecule has 2 aromatic rings. The van der Waals surface area contributed by atoms with Crippen LogP contribution in [0.2, 0.25) is 0 Å². The summed E-state index contributed by atoms with van der Waals surface area (Å²) < 4.78 is 27.3. The molecule has 2 unspecified atom stereocenters.